The van der Waals surface area contributed by atoms with Crippen molar-refractivity contribution < 1.29 is 9.53 Å². The summed E-state index contributed by atoms with van der Waals surface area (Å²) in [5.74, 6) is -0.0564. The molecule has 0 rings (SSSR count). The normalized spacial score (nSPS) is 10.9. The lowest BCUT2D eigenvalue weighted by molar-refractivity contribution is -0.147. The molecule has 0 amide bonds. The number of unbranched alkanes of at least 4 members (excludes halogenated alkanes) is 9. The average Bonchev–Trinajstić information content (AvgIpc) is 2.35. The fourth-order valence-corrected chi connectivity index (χ4v) is 1.93. The Labute approximate surface area is 113 Å². The summed E-state index contributed by atoms with van der Waals surface area (Å²) in [6.45, 7) is 6.61. The van der Waals surface area contributed by atoms with Crippen molar-refractivity contribution in [3.63, 3.8) is 0 Å². The zero-order valence-corrected chi connectivity index (χ0v) is 12.7. The maximum absolute atomic E-state index is 11.2. The van der Waals surface area contributed by atoms with Gasteiger partial charge >= 0.3 is 5.97 Å². The standard InChI is InChI=1S/C16H32O2/c1-4-5-6-7-8-9-10-11-12-13-14-18-16(17)15(2)3/h15H,4-14H2,1-3H3. The van der Waals surface area contributed by atoms with Crippen LogP contribution in [-0.2, 0) is 9.53 Å². The van der Waals surface area contributed by atoms with Crippen molar-refractivity contribution in [1.82, 2.24) is 0 Å². The van der Waals surface area contributed by atoms with E-state index >= 15 is 0 Å². The van der Waals surface area contributed by atoms with E-state index in [-0.39, 0.29) is 11.9 Å². The van der Waals surface area contributed by atoms with Gasteiger partial charge in [0.05, 0.1) is 12.5 Å². The third-order valence-corrected chi connectivity index (χ3v) is 3.21. The molecule has 18 heavy (non-hydrogen) atoms. The quantitative estimate of drug-likeness (QED) is 0.358. The highest BCUT2D eigenvalue weighted by Crippen LogP contribution is 2.10. The smallest absolute Gasteiger partial charge is 0.308 e. The Hall–Kier alpha value is -0.530. The van der Waals surface area contributed by atoms with Gasteiger partial charge in [-0.2, -0.15) is 0 Å². The molecule has 0 atom stereocenters. The molecular weight excluding hydrogens is 224 g/mol. The van der Waals surface area contributed by atoms with E-state index in [0.717, 1.165) is 6.42 Å². The van der Waals surface area contributed by atoms with Gasteiger partial charge in [-0.05, 0) is 6.42 Å². The van der Waals surface area contributed by atoms with E-state index in [0.29, 0.717) is 6.61 Å². The number of ether oxygens (including phenoxy) is 1. The first-order valence-corrected chi connectivity index (χ1v) is 7.85. The second-order valence-corrected chi connectivity index (χ2v) is 5.50. The summed E-state index contributed by atoms with van der Waals surface area (Å²) >= 11 is 0. The molecule has 0 N–H and O–H groups in total. The van der Waals surface area contributed by atoms with Crippen LogP contribution in [0.15, 0.2) is 0 Å². The Kier molecular flexibility index (Phi) is 12.5. The summed E-state index contributed by atoms with van der Waals surface area (Å²) in [5, 5.41) is 0. The van der Waals surface area contributed by atoms with Crippen LogP contribution in [0.3, 0.4) is 0 Å². The first kappa shape index (κ1) is 17.5. The minimum absolute atomic E-state index is 0.00752. The van der Waals surface area contributed by atoms with Crippen molar-refractivity contribution in [2.45, 2.75) is 85.0 Å². The second kappa shape index (κ2) is 12.9. The van der Waals surface area contributed by atoms with E-state index in [1.807, 2.05) is 13.8 Å². The average molecular weight is 256 g/mol. The summed E-state index contributed by atoms with van der Waals surface area (Å²) < 4.78 is 5.14. The van der Waals surface area contributed by atoms with E-state index in [1.165, 1.54) is 57.8 Å². The topological polar surface area (TPSA) is 26.3 Å². The van der Waals surface area contributed by atoms with Crippen LogP contribution in [0, 0.1) is 5.92 Å². The molecule has 2 heteroatoms. The molecule has 108 valence electrons. The van der Waals surface area contributed by atoms with Crippen LogP contribution in [0.4, 0.5) is 0 Å². The summed E-state index contributed by atoms with van der Waals surface area (Å²) in [4.78, 5) is 11.2. The predicted octanol–water partition coefficient (Wildman–Crippen LogP) is 5.11. The van der Waals surface area contributed by atoms with Crippen LogP contribution >= 0.6 is 0 Å². The van der Waals surface area contributed by atoms with Gasteiger partial charge in [-0.1, -0.05) is 78.6 Å². The van der Waals surface area contributed by atoms with Crippen LogP contribution in [0.2, 0.25) is 0 Å². The number of esters is 1. The zero-order chi connectivity index (χ0) is 13.6. The molecule has 0 aromatic carbocycles. The van der Waals surface area contributed by atoms with Gasteiger partial charge in [-0.15, -0.1) is 0 Å². The van der Waals surface area contributed by atoms with Gasteiger partial charge in [0, 0.05) is 0 Å². The van der Waals surface area contributed by atoms with E-state index < -0.39 is 0 Å². The Morgan fingerprint density at radius 1 is 0.833 bits per heavy atom. The summed E-state index contributed by atoms with van der Waals surface area (Å²) in [6, 6.07) is 0. The highest BCUT2D eigenvalue weighted by molar-refractivity contribution is 5.71. The molecule has 0 aromatic rings. The molecule has 0 unspecified atom stereocenters. The Morgan fingerprint density at radius 2 is 1.28 bits per heavy atom. The van der Waals surface area contributed by atoms with Gasteiger partial charge in [-0.3, -0.25) is 4.79 Å². The highest BCUT2D eigenvalue weighted by atomic mass is 16.5. The first-order chi connectivity index (χ1) is 8.68. The summed E-state index contributed by atoms with van der Waals surface area (Å²) in [5.41, 5.74) is 0. The lowest BCUT2D eigenvalue weighted by Gasteiger charge is -2.06. The fourth-order valence-electron chi connectivity index (χ4n) is 1.93. The molecule has 0 aliphatic heterocycles. The lowest BCUT2D eigenvalue weighted by atomic mass is 10.1. The van der Waals surface area contributed by atoms with Crippen LogP contribution in [-0.4, -0.2) is 12.6 Å². The van der Waals surface area contributed by atoms with Gasteiger partial charge < -0.3 is 4.74 Å². The Balaban J connectivity index is 3.05. The van der Waals surface area contributed by atoms with Crippen molar-refractivity contribution in [3.8, 4) is 0 Å². The maximum atomic E-state index is 11.2. The molecule has 0 aromatic heterocycles. The van der Waals surface area contributed by atoms with Crippen molar-refractivity contribution in [3.05, 3.63) is 0 Å². The molecule has 0 aliphatic carbocycles. The number of carbonyl (C=O) groups excluding carboxylic acids is 1. The number of rotatable bonds is 12. The third-order valence-electron chi connectivity index (χ3n) is 3.21. The number of hydrogen-bond acceptors (Lipinski definition) is 2. The van der Waals surface area contributed by atoms with Crippen LogP contribution in [0.25, 0.3) is 0 Å². The van der Waals surface area contributed by atoms with Gasteiger partial charge in [0.2, 0.25) is 0 Å². The first-order valence-electron chi connectivity index (χ1n) is 7.85. The van der Waals surface area contributed by atoms with Gasteiger partial charge in [-0.25, -0.2) is 0 Å². The highest BCUT2D eigenvalue weighted by Gasteiger charge is 2.06. The van der Waals surface area contributed by atoms with Gasteiger partial charge in [0.25, 0.3) is 0 Å². The lowest BCUT2D eigenvalue weighted by Crippen LogP contribution is -2.12. The van der Waals surface area contributed by atoms with Crippen LogP contribution in [0.5, 0.6) is 0 Å². The number of hydrogen-bond donors (Lipinski definition) is 0. The molecule has 2 nitrogen and oxygen atoms in total. The van der Waals surface area contributed by atoms with Crippen molar-refractivity contribution in [2.75, 3.05) is 6.61 Å². The molecule has 0 heterocycles. The van der Waals surface area contributed by atoms with E-state index in [4.69, 9.17) is 4.74 Å². The third kappa shape index (κ3) is 11.9. The molecule has 0 saturated carbocycles. The van der Waals surface area contributed by atoms with Gasteiger partial charge in [0.15, 0.2) is 0 Å². The summed E-state index contributed by atoms with van der Waals surface area (Å²) in [6.07, 6.45) is 13.1. The monoisotopic (exact) mass is 256 g/mol. The van der Waals surface area contributed by atoms with Crippen LogP contribution in [0.1, 0.15) is 85.0 Å². The fraction of sp³-hybridized carbons (Fsp3) is 0.938. The van der Waals surface area contributed by atoms with Gasteiger partial charge in [0.1, 0.15) is 0 Å². The summed E-state index contributed by atoms with van der Waals surface area (Å²) in [7, 11) is 0. The molecule has 0 bridgehead atoms. The molecule has 0 spiro atoms. The minimum Gasteiger partial charge on any atom is -0.465 e. The van der Waals surface area contributed by atoms with Crippen molar-refractivity contribution in [1.29, 1.82) is 0 Å². The molecule has 0 saturated heterocycles. The maximum Gasteiger partial charge on any atom is 0.308 e. The molecule has 0 radical (unpaired) electrons. The predicted molar refractivity (Wildman–Crippen MR) is 77.6 cm³/mol. The van der Waals surface area contributed by atoms with Crippen molar-refractivity contribution >= 4 is 5.97 Å². The van der Waals surface area contributed by atoms with E-state index in [1.54, 1.807) is 0 Å². The van der Waals surface area contributed by atoms with E-state index in [2.05, 4.69) is 6.92 Å². The Bertz CT molecular complexity index is 188. The molecule has 0 aliphatic rings. The van der Waals surface area contributed by atoms with Crippen LogP contribution < -0.4 is 0 Å². The zero-order valence-electron chi connectivity index (χ0n) is 12.7. The Morgan fingerprint density at radius 3 is 1.72 bits per heavy atom. The minimum atomic E-state index is -0.0640. The molecule has 0 fully saturated rings. The van der Waals surface area contributed by atoms with E-state index in [9.17, 15) is 4.79 Å². The second-order valence-electron chi connectivity index (χ2n) is 5.50. The number of carbonyl (C=O) groups is 1. The van der Waals surface area contributed by atoms with Crippen molar-refractivity contribution in [2.24, 2.45) is 5.92 Å². The molecular formula is C16H32O2. The SMILES string of the molecule is CCCCCCCCCCCCOC(=O)C(C)C. The largest absolute Gasteiger partial charge is 0.465 e.